The molecular weight excluding hydrogens is 390 g/mol. The van der Waals surface area contributed by atoms with Gasteiger partial charge in [-0.15, -0.1) is 12.4 Å². The summed E-state index contributed by atoms with van der Waals surface area (Å²) < 4.78 is 10.9. The highest BCUT2D eigenvalue weighted by Crippen LogP contribution is 2.35. The van der Waals surface area contributed by atoms with Crippen molar-refractivity contribution < 1.29 is 14.3 Å². The van der Waals surface area contributed by atoms with E-state index in [0.29, 0.717) is 28.1 Å². The van der Waals surface area contributed by atoms with Crippen LogP contribution in [0.25, 0.3) is 10.8 Å². The molecule has 0 spiro atoms. The van der Waals surface area contributed by atoms with Gasteiger partial charge in [-0.25, -0.2) is 0 Å². The largest absolute Gasteiger partial charge is 0.497 e. The lowest BCUT2D eigenvalue weighted by atomic mass is 10.0. The predicted molar refractivity (Wildman–Crippen MR) is 117 cm³/mol. The fourth-order valence-corrected chi connectivity index (χ4v) is 3.30. The zero-order valence-corrected chi connectivity index (χ0v) is 17.8. The summed E-state index contributed by atoms with van der Waals surface area (Å²) in [6.07, 6.45) is 1.58. The minimum absolute atomic E-state index is 0. The first-order valence-electron chi connectivity index (χ1n) is 9.07. The molecule has 6 nitrogen and oxygen atoms in total. The Hall–Kier alpha value is -2.83. The summed E-state index contributed by atoms with van der Waals surface area (Å²) in [7, 11) is 4.95. The van der Waals surface area contributed by atoms with Gasteiger partial charge in [-0.1, -0.05) is 30.3 Å². The Kier molecular flexibility index (Phi) is 7.42. The topological polar surface area (TPSA) is 77.7 Å². The highest BCUT2D eigenvalue weighted by atomic mass is 35.5. The maximum atomic E-state index is 13.3. The van der Waals surface area contributed by atoms with E-state index in [1.807, 2.05) is 43.3 Å². The predicted octanol–water partition coefficient (Wildman–Crippen LogP) is 3.97. The lowest BCUT2D eigenvalue weighted by Crippen LogP contribution is -2.30. The number of carbonyl (C=O) groups is 1. The maximum Gasteiger partial charge on any atom is 0.256 e. The Morgan fingerprint density at radius 2 is 1.86 bits per heavy atom. The highest BCUT2D eigenvalue weighted by molar-refractivity contribution is 6.09. The molecule has 0 aliphatic rings. The molecule has 1 amide bonds. The van der Waals surface area contributed by atoms with Crippen LogP contribution in [0.4, 0.5) is 0 Å². The number of hydrogen-bond acceptors (Lipinski definition) is 5. The number of hydrogen-bond donors (Lipinski definition) is 1. The van der Waals surface area contributed by atoms with Gasteiger partial charge in [0.25, 0.3) is 5.91 Å². The monoisotopic (exact) mass is 415 g/mol. The van der Waals surface area contributed by atoms with E-state index in [-0.39, 0.29) is 30.9 Å². The number of ether oxygens (including phenoxy) is 2. The van der Waals surface area contributed by atoms with Gasteiger partial charge in [-0.05, 0) is 18.6 Å². The first-order valence-corrected chi connectivity index (χ1v) is 9.07. The van der Waals surface area contributed by atoms with Gasteiger partial charge in [-0.3, -0.25) is 9.78 Å². The van der Waals surface area contributed by atoms with E-state index < -0.39 is 0 Å². The van der Waals surface area contributed by atoms with Gasteiger partial charge >= 0.3 is 0 Å². The molecule has 3 rings (SSSR count). The molecule has 1 aromatic heterocycles. The van der Waals surface area contributed by atoms with E-state index in [1.54, 1.807) is 38.4 Å². The second kappa shape index (κ2) is 9.58. The van der Waals surface area contributed by atoms with Gasteiger partial charge in [0.05, 0.1) is 31.5 Å². The van der Waals surface area contributed by atoms with Crippen LogP contribution in [0, 0.1) is 0 Å². The number of rotatable bonds is 6. The Labute approximate surface area is 177 Å². The zero-order chi connectivity index (χ0) is 20.3. The van der Waals surface area contributed by atoms with E-state index >= 15 is 0 Å². The first kappa shape index (κ1) is 22.5. The van der Waals surface area contributed by atoms with Crippen molar-refractivity contribution in [3.63, 3.8) is 0 Å². The average molecular weight is 416 g/mol. The van der Waals surface area contributed by atoms with Crippen LogP contribution in [0.1, 0.15) is 34.6 Å². The molecule has 0 bridgehead atoms. The lowest BCUT2D eigenvalue weighted by molar-refractivity contribution is 0.0744. The standard InChI is InChI=1S/C22H25N3O3.ClH/c1-14(15-8-6-5-7-9-15)25(2)22(26)18-13-24-19(12-23)21-17(18)10-16(27-3)11-20(21)28-4;/h5-11,13-14H,12,23H2,1-4H3;1H. The summed E-state index contributed by atoms with van der Waals surface area (Å²) in [5.41, 5.74) is 8.09. The molecule has 0 saturated heterocycles. The van der Waals surface area contributed by atoms with Gasteiger partial charge in [0.1, 0.15) is 11.5 Å². The van der Waals surface area contributed by atoms with Crippen molar-refractivity contribution in [1.29, 1.82) is 0 Å². The summed E-state index contributed by atoms with van der Waals surface area (Å²) in [6, 6.07) is 13.4. The summed E-state index contributed by atoms with van der Waals surface area (Å²) in [6.45, 7) is 2.24. The molecule has 1 atom stereocenters. The molecular formula is C22H26ClN3O3. The number of halogens is 1. The molecule has 1 heterocycles. The van der Waals surface area contributed by atoms with Crippen molar-refractivity contribution in [3.8, 4) is 11.5 Å². The summed E-state index contributed by atoms with van der Waals surface area (Å²) >= 11 is 0. The van der Waals surface area contributed by atoms with E-state index in [0.717, 1.165) is 10.9 Å². The normalized spacial score (nSPS) is 11.5. The number of aromatic nitrogens is 1. The van der Waals surface area contributed by atoms with Crippen LogP contribution in [0.3, 0.4) is 0 Å². The van der Waals surface area contributed by atoms with Crippen LogP contribution >= 0.6 is 12.4 Å². The van der Waals surface area contributed by atoms with Gasteiger partial charge in [-0.2, -0.15) is 0 Å². The number of pyridine rings is 1. The van der Waals surface area contributed by atoms with Gasteiger partial charge in [0, 0.05) is 36.6 Å². The number of methoxy groups -OCH3 is 2. The lowest BCUT2D eigenvalue weighted by Gasteiger charge is -2.26. The van der Waals surface area contributed by atoms with Crippen LogP contribution < -0.4 is 15.2 Å². The summed E-state index contributed by atoms with van der Waals surface area (Å²) in [4.78, 5) is 19.5. The molecule has 0 aliphatic carbocycles. The smallest absolute Gasteiger partial charge is 0.256 e. The molecule has 2 N–H and O–H groups in total. The number of amides is 1. The third-order valence-electron chi connectivity index (χ3n) is 5.07. The van der Waals surface area contributed by atoms with Crippen molar-refractivity contribution in [3.05, 3.63) is 65.5 Å². The second-order valence-electron chi connectivity index (χ2n) is 6.58. The number of carbonyl (C=O) groups excluding carboxylic acids is 1. The Morgan fingerprint density at radius 3 is 2.45 bits per heavy atom. The molecule has 1 unspecified atom stereocenters. The van der Waals surface area contributed by atoms with Crippen molar-refractivity contribution in [2.75, 3.05) is 21.3 Å². The van der Waals surface area contributed by atoms with E-state index in [1.165, 1.54) is 0 Å². The van der Waals surface area contributed by atoms with Crippen LogP contribution in [0.2, 0.25) is 0 Å². The van der Waals surface area contributed by atoms with Crippen molar-refractivity contribution in [1.82, 2.24) is 9.88 Å². The van der Waals surface area contributed by atoms with Crippen LogP contribution in [-0.2, 0) is 6.54 Å². The van der Waals surface area contributed by atoms with Crippen molar-refractivity contribution >= 4 is 29.1 Å². The Bertz CT molecular complexity index is 996. The van der Waals surface area contributed by atoms with Crippen LogP contribution in [0.5, 0.6) is 11.5 Å². The number of fused-ring (bicyclic) bond motifs is 1. The van der Waals surface area contributed by atoms with Crippen molar-refractivity contribution in [2.45, 2.75) is 19.5 Å². The molecule has 2 aromatic carbocycles. The van der Waals surface area contributed by atoms with E-state index in [9.17, 15) is 4.79 Å². The van der Waals surface area contributed by atoms with Crippen LogP contribution in [0.15, 0.2) is 48.7 Å². The van der Waals surface area contributed by atoms with Gasteiger partial charge in [0.15, 0.2) is 0 Å². The Morgan fingerprint density at radius 1 is 1.17 bits per heavy atom. The third kappa shape index (κ3) is 4.28. The number of benzene rings is 2. The highest BCUT2D eigenvalue weighted by Gasteiger charge is 2.23. The second-order valence-corrected chi connectivity index (χ2v) is 6.58. The summed E-state index contributed by atoms with van der Waals surface area (Å²) in [5.74, 6) is 1.05. The maximum absolute atomic E-state index is 13.3. The molecule has 7 heteroatoms. The van der Waals surface area contributed by atoms with E-state index in [2.05, 4.69) is 4.98 Å². The number of nitrogens with two attached hydrogens (primary N) is 1. The molecule has 3 aromatic rings. The fraction of sp³-hybridized carbons (Fsp3) is 0.273. The van der Waals surface area contributed by atoms with Crippen LogP contribution in [-0.4, -0.2) is 37.1 Å². The first-order chi connectivity index (χ1) is 13.5. The number of nitrogens with zero attached hydrogens (tertiary/aromatic N) is 2. The zero-order valence-electron chi connectivity index (χ0n) is 17.0. The third-order valence-corrected chi connectivity index (χ3v) is 5.07. The Balaban J connectivity index is 0.00000300. The molecule has 0 radical (unpaired) electrons. The van der Waals surface area contributed by atoms with Gasteiger partial charge in [0.2, 0.25) is 0 Å². The molecule has 0 saturated carbocycles. The molecule has 29 heavy (non-hydrogen) atoms. The molecule has 0 aliphatic heterocycles. The molecule has 0 fully saturated rings. The molecule has 154 valence electrons. The summed E-state index contributed by atoms with van der Waals surface area (Å²) in [5, 5.41) is 1.45. The minimum atomic E-state index is -0.132. The SMILES string of the molecule is COc1cc(OC)c2c(CN)ncc(C(=O)N(C)C(C)c3ccccc3)c2c1.Cl. The minimum Gasteiger partial charge on any atom is -0.497 e. The van der Waals surface area contributed by atoms with Crippen molar-refractivity contribution in [2.24, 2.45) is 5.73 Å². The average Bonchev–Trinajstić information content (AvgIpc) is 2.76. The fourth-order valence-electron chi connectivity index (χ4n) is 3.30. The van der Waals surface area contributed by atoms with E-state index in [4.69, 9.17) is 15.2 Å². The van der Waals surface area contributed by atoms with Gasteiger partial charge < -0.3 is 20.1 Å². The quantitative estimate of drug-likeness (QED) is 0.659.